The topological polar surface area (TPSA) is 54.5 Å². The molecule has 1 unspecified atom stereocenters. The van der Waals surface area contributed by atoms with Gasteiger partial charge in [0.15, 0.2) is 0 Å². The number of carbonyl (C=O) groups is 1. The molecule has 0 bridgehead atoms. The van der Waals surface area contributed by atoms with E-state index in [4.69, 9.17) is 4.74 Å². The first-order valence-electron chi connectivity index (χ1n) is 8.74. The van der Waals surface area contributed by atoms with Gasteiger partial charge in [0.2, 0.25) is 5.91 Å². The summed E-state index contributed by atoms with van der Waals surface area (Å²) in [6, 6.07) is 10.1. The molecular weight excluding hydrogens is 334 g/mol. The summed E-state index contributed by atoms with van der Waals surface area (Å²) >= 11 is 1.72. The fraction of sp³-hybridized carbons (Fsp3) is 0.474. The van der Waals surface area contributed by atoms with Gasteiger partial charge in [0.25, 0.3) is 0 Å². The fourth-order valence-corrected chi connectivity index (χ4v) is 4.04. The molecule has 0 saturated carbocycles. The molecule has 1 amide bonds. The van der Waals surface area contributed by atoms with Gasteiger partial charge in [0.1, 0.15) is 0 Å². The number of hydrogen-bond acceptors (Lipinski definition) is 5. The van der Waals surface area contributed by atoms with Crippen molar-refractivity contribution in [1.29, 1.82) is 0 Å². The molecule has 25 heavy (non-hydrogen) atoms. The predicted octanol–water partition coefficient (Wildman–Crippen LogP) is 2.27. The van der Waals surface area contributed by atoms with Crippen molar-refractivity contribution in [1.82, 2.24) is 15.2 Å². The Morgan fingerprint density at radius 2 is 2.20 bits per heavy atom. The van der Waals surface area contributed by atoms with Crippen LogP contribution in [-0.4, -0.2) is 48.6 Å². The van der Waals surface area contributed by atoms with E-state index in [0.717, 1.165) is 43.9 Å². The molecule has 2 aromatic rings. The monoisotopic (exact) mass is 359 g/mol. The lowest BCUT2D eigenvalue weighted by molar-refractivity contribution is -0.125. The van der Waals surface area contributed by atoms with Gasteiger partial charge >= 0.3 is 0 Å². The van der Waals surface area contributed by atoms with Crippen LogP contribution in [0.2, 0.25) is 0 Å². The summed E-state index contributed by atoms with van der Waals surface area (Å²) in [6.07, 6.45) is 4.50. The molecule has 1 atom stereocenters. The van der Waals surface area contributed by atoms with Crippen molar-refractivity contribution in [2.45, 2.75) is 31.8 Å². The second-order valence-electron chi connectivity index (χ2n) is 6.28. The van der Waals surface area contributed by atoms with Crippen molar-refractivity contribution < 1.29 is 9.53 Å². The predicted molar refractivity (Wildman–Crippen MR) is 99.7 cm³/mol. The second kappa shape index (κ2) is 9.08. The molecule has 1 aliphatic heterocycles. The number of nitrogens with one attached hydrogen (secondary N) is 1. The van der Waals surface area contributed by atoms with Gasteiger partial charge in [-0.3, -0.25) is 9.69 Å². The fourth-order valence-electron chi connectivity index (χ4n) is 3.11. The highest BCUT2D eigenvalue weighted by atomic mass is 32.1. The number of thiazole rings is 1. The average Bonchev–Trinajstić information content (AvgIpc) is 3.01. The standard InChI is InChI=1S/C19H25N3O2S/c1-24-11-8-18-21-13-16(25-18)14-22-10-5-9-20-19(23)17(22)12-15-6-3-2-4-7-15/h2-4,6-7,13,17H,5,8-12,14H2,1H3,(H,20,23). The van der Waals surface area contributed by atoms with Gasteiger partial charge < -0.3 is 10.1 Å². The number of nitrogens with zero attached hydrogens (tertiary/aromatic N) is 2. The van der Waals surface area contributed by atoms with Gasteiger partial charge in [-0.05, 0) is 18.4 Å². The van der Waals surface area contributed by atoms with Crippen LogP contribution in [0.15, 0.2) is 36.5 Å². The Balaban J connectivity index is 1.71. The summed E-state index contributed by atoms with van der Waals surface area (Å²) in [5.41, 5.74) is 1.19. The summed E-state index contributed by atoms with van der Waals surface area (Å²) in [7, 11) is 1.71. The highest BCUT2D eigenvalue weighted by Gasteiger charge is 2.28. The van der Waals surface area contributed by atoms with Crippen molar-refractivity contribution in [3.05, 3.63) is 52.0 Å². The van der Waals surface area contributed by atoms with Crippen LogP contribution < -0.4 is 5.32 Å². The van der Waals surface area contributed by atoms with E-state index in [9.17, 15) is 4.79 Å². The quantitative estimate of drug-likeness (QED) is 0.824. The number of aromatic nitrogens is 1. The maximum atomic E-state index is 12.6. The van der Waals surface area contributed by atoms with E-state index in [1.54, 1.807) is 18.4 Å². The molecule has 1 aromatic heterocycles. The van der Waals surface area contributed by atoms with Crippen LogP contribution in [0, 0.1) is 0 Å². The van der Waals surface area contributed by atoms with E-state index in [-0.39, 0.29) is 11.9 Å². The molecule has 3 rings (SSSR count). The van der Waals surface area contributed by atoms with Crippen molar-refractivity contribution in [2.24, 2.45) is 0 Å². The highest BCUT2D eigenvalue weighted by Crippen LogP contribution is 2.20. The molecule has 0 aliphatic carbocycles. The number of ether oxygens (including phenoxy) is 1. The van der Waals surface area contributed by atoms with E-state index in [0.29, 0.717) is 6.61 Å². The maximum Gasteiger partial charge on any atom is 0.237 e. The lowest BCUT2D eigenvalue weighted by Gasteiger charge is -2.27. The van der Waals surface area contributed by atoms with Crippen molar-refractivity contribution in [3.63, 3.8) is 0 Å². The Morgan fingerprint density at radius 3 is 3.00 bits per heavy atom. The third-order valence-corrected chi connectivity index (χ3v) is 5.46. The molecular formula is C19H25N3O2S. The molecule has 5 nitrogen and oxygen atoms in total. The molecule has 6 heteroatoms. The summed E-state index contributed by atoms with van der Waals surface area (Å²) in [5.74, 6) is 0.130. The minimum atomic E-state index is -0.130. The zero-order valence-electron chi connectivity index (χ0n) is 14.6. The smallest absolute Gasteiger partial charge is 0.237 e. The number of rotatable bonds is 7. The Labute approximate surface area is 153 Å². The van der Waals surface area contributed by atoms with Crippen molar-refractivity contribution in [3.8, 4) is 0 Å². The Kier molecular flexibility index (Phi) is 6.55. The first-order chi connectivity index (χ1) is 12.3. The Hall–Kier alpha value is -1.76. The van der Waals surface area contributed by atoms with Gasteiger partial charge in [0, 0.05) is 44.2 Å². The molecule has 0 spiro atoms. The third kappa shape index (κ3) is 5.11. The van der Waals surface area contributed by atoms with Crippen LogP contribution in [0.1, 0.15) is 21.9 Å². The largest absolute Gasteiger partial charge is 0.384 e. The van der Waals surface area contributed by atoms with Crippen LogP contribution in [0.4, 0.5) is 0 Å². The normalized spacial score (nSPS) is 18.8. The molecule has 0 radical (unpaired) electrons. The van der Waals surface area contributed by atoms with Crippen LogP contribution in [0.3, 0.4) is 0 Å². The second-order valence-corrected chi connectivity index (χ2v) is 7.48. The number of amides is 1. The molecule has 1 aromatic carbocycles. The highest BCUT2D eigenvalue weighted by molar-refractivity contribution is 7.11. The van der Waals surface area contributed by atoms with E-state index >= 15 is 0 Å². The minimum absolute atomic E-state index is 0.130. The molecule has 1 saturated heterocycles. The number of carbonyl (C=O) groups excluding carboxylic acids is 1. The summed E-state index contributed by atoms with van der Waals surface area (Å²) in [4.78, 5) is 20.6. The Bertz CT molecular complexity index is 674. The van der Waals surface area contributed by atoms with E-state index in [1.165, 1.54) is 10.4 Å². The van der Waals surface area contributed by atoms with Crippen molar-refractivity contribution >= 4 is 17.2 Å². The Morgan fingerprint density at radius 1 is 1.36 bits per heavy atom. The van der Waals surface area contributed by atoms with Gasteiger partial charge in [-0.25, -0.2) is 4.98 Å². The zero-order valence-corrected chi connectivity index (χ0v) is 15.4. The lowest BCUT2D eigenvalue weighted by atomic mass is 10.0. The van der Waals surface area contributed by atoms with Gasteiger partial charge in [-0.2, -0.15) is 0 Å². The molecule has 134 valence electrons. The van der Waals surface area contributed by atoms with Crippen LogP contribution in [-0.2, 0) is 28.9 Å². The van der Waals surface area contributed by atoms with Gasteiger partial charge in [0.05, 0.1) is 17.7 Å². The third-order valence-electron chi connectivity index (χ3n) is 4.42. The summed E-state index contributed by atoms with van der Waals surface area (Å²) in [5, 5.41) is 4.15. The molecule has 2 heterocycles. The van der Waals surface area contributed by atoms with Crippen LogP contribution in [0.25, 0.3) is 0 Å². The maximum absolute atomic E-state index is 12.6. The van der Waals surface area contributed by atoms with Gasteiger partial charge in [-0.1, -0.05) is 30.3 Å². The average molecular weight is 359 g/mol. The van der Waals surface area contributed by atoms with Crippen LogP contribution in [0.5, 0.6) is 0 Å². The molecule has 1 N–H and O–H groups in total. The van der Waals surface area contributed by atoms with Crippen LogP contribution >= 0.6 is 11.3 Å². The van der Waals surface area contributed by atoms with E-state index in [1.807, 2.05) is 24.4 Å². The summed E-state index contributed by atoms with van der Waals surface area (Å²) < 4.78 is 5.12. The first kappa shape index (κ1) is 18.0. The van der Waals surface area contributed by atoms with E-state index < -0.39 is 0 Å². The molecule has 1 fully saturated rings. The van der Waals surface area contributed by atoms with E-state index in [2.05, 4.69) is 27.3 Å². The minimum Gasteiger partial charge on any atom is -0.384 e. The zero-order chi connectivity index (χ0) is 17.5. The van der Waals surface area contributed by atoms with Gasteiger partial charge in [-0.15, -0.1) is 11.3 Å². The number of methoxy groups -OCH3 is 1. The number of hydrogen-bond donors (Lipinski definition) is 1. The summed E-state index contributed by atoms with van der Waals surface area (Å²) in [6.45, 7) is 3.13. The first-order valence-corrected chi connectivity index (χ1v) is 9.56. The number of benzene rings is 1. The lowest BCUT2D eigenvalue weighted by Crippen LogP contribution is -2.45. The SMILES string of the molecule is COCCc1ncc(CN2CCCNC(=O)C2Cc2ccccc2)s1. The molecule has 1 aliphatic rings. The van der Waals surface area contributed by atoms with Crippen molar-refractivity contribution in [2.75, 3.05) is 26.8 Å².